The minimum Gasteiger partial charge on any atom is -0.490 e. The lowest BCUT2D eigenvalue weighted by Gasteiger charge is -2.25. The topological polar surface area (TPSA) is 55.3 Å². The van der Waals surface area contributed by atoms with Gasteiger partial charge in [-0.1, -0.05) is 12.1 Å². The van der Waals surface area contributed by atoms with Crippen LogP contribution in [-0.4, -0.2) is 57.4 Å². The Bertz CT molecular complexity index is 647. The average Bonchev–Trinajstić information content (AvgIpc) is 3.19. The summed E-state index contributed by atoms with van der Waals surface area (Å²) in [4.78, 5) is 6.84. The lowest BCUT2D eigenvalue weighted by atomic mass is 9.87. The molecule has 0 aliphatic carbocycles. The van der Waals surface area contributed by atoms with Crippen molar-refractivity contribution in [2.75, 3.05) is 46.6 Å². The average molecular weight is 473 g/mol. The zero-order chi connectivity index (χ0) is 17.1. The van der Waals surface area contributed by atoms with E-state index in [1.165, 1.54) is 6.42 Å². The summed E-state index contributed by atoms with van der Waals surface area (Å²) in [6.45, 7) is 5.94. The zero-order valence-corrected chi connectivity index (χ0v) is 17.7. The largest absolute Gasteiger partial charge is 0.490 e. The van der Waals surface area contributed by atoms with E-state index in [9.17, 15) is 0 Å². The molecule has 26 heavy (non-hydrogen) atoms. The number of nitrogens with one attached hydrogen (secondary N) is 1. The van der Waals surface area contributed by atoms with Crippen molar-refractivity contribution < 1.29 is 14.2 Å². The molecule has 0 radical (unpaired) electrons. The van der Waals surface area contributed by atoms with Gasteiger partial charge in [-0.25, -0.2) is 0 Å². The number of para-hydroxylation sites is 1. The highest BCUT2D eigenvalue weighted by Crippen LogP contribution is 2.38. The van der Waals surface area contributed by atoms with Gasteiger partial charge in [-0.05, 0) is 18.9 Å². The van der Waals surface area contributed by atoms with Crippen LogP contribution in [0.5, 0.6) is 11.5 Å². The number of benzene rings is 1. The molecule has 0 saturated carbocycles. The van der Waals surface area contributed by atoms with Crippen LogP contribution in [0.1, 0.15) is 24.8 Å². The van der Waals surface area contributed by atoms with E-state index in [1.807, 2.05) is 19.2 Å². The van der Waals surface area contributed by atoms with Gasteiger partial charge < -0.3 is 24.4 Å². The Morgan fingerprint density at radius 3 is 2.92 bits per heavy atom. The predicted molar refractivity (Wildman–Crippen MR) is 112 cm³/mol. The van der Waals surface area contributed by atoms with Gasteiger partial charge in [-0.2, -0.15) is 0 Å². The monoisotopic (exact) mass is 473 g/mol. The fourth-order valence-electron chi connectivity index (χ4n) is 3.99. The molecule has 0 amide bonds. The number of fused-ring (bicyclic) bond motifs is 1. The molecule has 3 aliphatic rings. The second-order valence-corrected chi connectivity index (χ2v) is 7.17. The van der Waals surface area contributed by atoms with Crippen molar-refractivity contribution >= 4 is 29.9 Å². The molecular weight excluding hydrogens is 445 g/mol. The van der Waals surface area contributed by atoms with Gasteiger partial charge in [0, 0.05) is 50.7 Å². The first-order valence-corrected chi connectivity index (χ1v) is 9.21. The first-order valence-electron chi connectivity index (χ1n) is 9.21. The molecule has 1 spiro atoms. The zero-order valence-electron chi connectivity index (χ0n) is 15.3. The molecule has 1 aromatic rings. The Morgan fingerprint density at radius 1 is 1.23 bits per heavy atom. The summed E-state index contributed by atoms with van der Waals surface area (Å²) in [5, 5.41) is 3.50. The van der Waals surface area contributed by atoms with Crippen molar-refractivity contribution in [2.45, 2.75) is 25.8 Å². The van der Waals surface area contributed by atoms with E-state index in [2.05, 4.69) is 21.3 Å². The van der Waals surface area contributed by atoms with Gasteiger partial charge in [-0.15, -0.1) is 24.0 Å². The molecule has 0 aromatic heterocycles. The normalized spacial score (nSPS) is 25.1. The Morgan fingerprint density at radius 2 is 2.12 bits per heavy atom. The minimum atomic E-state index is 0. The van der Waals surface area contributed by atoms with E-state index in [0.717, 1.165) is 62.2 Å². The summed E-state index contributed by atoms with van der Waals surface area (Å²) >= 11 is 0. The highest BCUT2D eigenvalue weighted by atomic mass is 127. The van der Waals surface area contributed by atoms with E-state index in [-0.39, 0.29) is 24.0 Å². The minimum absolute atomic E-state index is 0. The van der Waals surface area contributed by atoms with Crippen molar-refractivity contribution in [1.29, 1.82) is 0 Å². The third-order valence-electron chi connectivity index (χ3n) is 5.42. The third-order valence-corrected chi connectivity index (χ3v) is 5.42. The number of hydrogen-bond acceptors (Lipinski definition) is 4. The van der Waals surface area contributed by atoms with Crippen LogP contribution in [0.4, 0.5) is 0 Å². The number of nitrogens with zero attached hydrogens (tertiary/aromatic N) is 2. The van der Waals surface area contributed by atoms with Crippen molar-refractivity contribution in [3.8, 4) is 11.5 Å². The number of halogens is 1. The Kier molecular flexibility index (Phi) is 6.50. The summed E-state index contributed by atoms with van der Waals surface area (Å²) in [5.41, 5.74) is 1.44. The van der Waals surface area contributed by atoms with E-state index in [1.54, 1.807) is 0 Å². The maximum absolute atomic E-state index is 5.91. The summed E-state index contributed by atoms with van der Waals surface area (Å²) in [6, 6.07) is 6.08. The lowest BCUT2D eigenvalue weighted by molar-refractivity contribution is 0.156. The molecule has 3 aliphatic heterocycles. The van der Waals surface area contributed by atoms with Gasteiger partial charge in [-0.3, -0.25) is 4.99 Å². The van der Waals surface area contributed by atoms with E-state index >= 15 is 0 Å². The number of guanidine groups is 1. The van der Waals surface area contributed by atoms with Crippen LogP contribution >= 0.6 is 24.0 Å². The number of ether oxygens (including phenoxy) is 3. The molecule has 144 valence electrons. The second kappa shape index (κ2) is 8.65. The van der Waals surface area contributed by atoms with Crippen LogP contribution in [0.2, 0.25) is 0 Å². The van der Waals surface area contributed by atoms with Gasteiger partial charge in [0.2, 0.25) is 0 Å². The fraction of sp³-hybridized carbons (Fsp3) is 0.632. The van der Waals surface area contributed by atoms with Crippen LogP contribution < -0.4 is 14.8 Å². The van der Waals surface area contributed by atoms with Crippen molar-refractivity contribution in [3.05, 3.63) is 23.8 Å². The van der Waals surface area contributed by atoms with Crippen molar-refractivity contribution in [1.82, 2.24) is 10.2 Å². The maximum Gasteiger partial charge on any atom is 0.193 e. The predicted octanol–water partition coefficient (Wildman–Crippen LogP) is 2.65. The molecule has 0 bridgehead atoms. The summed E-state index contributed by atoms with van der Waals surface area (Å²) in [6.07, 6.45) is 3.27. The Balaban J connectivity index is 0.00000196. The molecule has 4 rings (SSSR count). The van der Waals surface area contributed by atoms with Crippen LogP contribution in [0, 0.1) is 5.41 Å². The molecule has 1 aromatic carbocycles. The Labute approximate surface area is 172 Å². The third kappa shape index (κ3) is 4.03. The standard InChI is InChI=1S/C19H27N3O3.HI/c1-20-18(22-8-6-19(13-22)7-11-23-14-19)21-12-15-4-2-5-16-17(15)25-10-3-9-24-16;/h2,4-5H,3,6-14H2,1H3,(H,20,21);1H. The van der Waals surface area contributed by atoms with E-state index < -0.39 is 0 Å². The van der Waals surface area contributed by atoms with Crippen LogP contribution in [0.25, 0.3) is 0 Å². The van der Waals surface area contributed by atoms with Gasteiger partial charge in [0.25, 0.3) is 0 Å². The summed E-state index contributed by atoms with van der Waals surface area (Å²) < 4.78 is 17.3. The fourth-order valence-corrected chi connectivity index (χ4v) is 3.99. The van der Waals surface area contributed by atoms with Gasteiger partial charge in [0.15, 0.2) is 17.5 Å². The maximum atomic E-state index is 5.91. The molecular formula is C19H28IN3O3. The number of likely N-dealkylation sites (tertiary alicyclic amines) is 1. The second-order valence-electron chi connectivity index (χ2n) is 7.17. The molecule has 3 heterocycles. The molecule has 2 saturated heterocycles. The highest BCUT2D eigenvalue weighted by molar-refractivity contribution is 14.0. The van der Waals surface area contributed by atoms with Crippen LogP contribution in [0.3, 0.4) is 0 Å². The van der Waals surface area contributed by atoms with Gasteiger partial charge >= 0.3 is 0 Å². The number of aliphatic imine (C=N–C) groups is 1. The van der Waals surface area contributed by atoms with Gasteiger partial charge in [0.1, 0.15) is 0 Å². The first-order chi connectivity index (χ1) is 12.3. The summed E-state index contributed by atoms with van der Waals surface area (Å²) in [7, 11) is 1.85. The molecule has 2 fully saturated rings. The molecule has 1 unspecified atom stereocenters. The van der Waals surface area contributed by atoms with Crippen LogP contribution in [-0.2, 0) is 11.3 Å². The highest BCUT2D eigenvalue weighted by Gasteiger charge is 2.42. The molecule has 1 atom stereocenters. The van der Waals surface area contributed by atoms with Crippen molar-refractivity contribution in [3.63, 3.8) is 0 Å². The Hall–Kier alpha value is -1.22. The lowest BCUT2D eigenvalue weighted by Crippen LogP contribution is -2.41. The smallest absolute Gasteiger partial charge is 0.193 e. The molecule has 7 heteroatoms. The number of hydrogen-bond donors (Lipinski definition) is 1. The quantitative estimate of drug-likeness (QED) is 0.407. The SMILES string of the molecule is CN=C(NCc1cccc2c1OCCCO2)N1CCC2(CCOC2)C1.I. The van der Waals surface area contributed by atoms with E-state index in [4.69, 9.17) is 14.2 Å². The molecule has 1 N–H and O–H groups in total. The first kappa shape index (κ1) is 19.5. The summed E-state index contributed by atoms with van der Waals surface area (Å²) in [5.74, 6) is 2.66. The molecule has 6 nitrogen and oxygen atoms in total. The van der Waals surface area contributed by atoms with Crippen molar-refractivity contribution in [2.24, 2.45) is 10.4 Å². The van der Waals surface area contributed by atoms with Gasteiger partial charge in [0.05, 0.1) is 19.8 Å². The number of rotatable bonds is 2. The van der Waals surface area contributed by atoms with Crippen LogP contribution in [0.15, 0.2) is 23.2 Å². The van der Waals surface area contributed by atoms with E-state index in [0.29, 0.717) is 25.2 Å².